The molecule has 7 nitrogen and oxygen atoms in total. The summed E-state index contributed by atoms with van der Waals surface area (Å²) in [5.74, 6) is -0.245. The third-order valence-corrected chi connectivity index (χ3v) is 7.26. The van der Waals surface area contributed by atoms with E-state index >= 15 is 0 Å². The number of nitrogens with zero attached hydrogens (tertiary/aromatic N) is 2. The van der Waals surface area contributed by atoms with Crippen molar-refractivity contribution in [2.75, 3.05) is 50.5 Å². The Balaban J connectivity index is 1.57. The molecule has 0 spiro atoms. The fraction of sp³-hybridized carbons (Fsp3) is 0.458. The lowest BCUT2D eigenvalue weighted by Crippen LogP contribution is -2.46. The molecule has 1 aliphatic rings. The second-order valence-corrected chi connectivity index (χ2v) is 10.0. The molecule has 0 saturated carbocycles. The summed E-state index contributed by atoms with van der Waals surface area (Å²) in [5, 5.41) is 2.94. The molecule has 0 aliphatic carbocycles. The van der Waals surface area contributed by atoms with E-state index in [1.807, 2.05) is 19.9 Å². The number of likely N-dealkylation sites (N-methyl/N-ethyl adjacent to an activating group) is 1. The monoisotopic (exact) mass is 458 g/mol. The predicted octanol–water partition coefficient (Wildman–Crippen LogP) is 2.86. The molecule has 0 unspecified atom stereocenters. The highest BCUT2D eigenvalue weighted by atomic mass is 32.2. The number of rotatable bonds is 9. The zero-order valence-corrected chi connectivity index (χ0v) is 20.0. The second-order valence-electron chi connectivity index (χ2n) is 8.34. The third-order valence-electron chi connectivity index (χ3n) is 5.88. The van der Waals surface area contributed by atoms with Crippen molar-refractivity contribution >= 4 is 21.6 Å². The molecule has 8 heteroatoms. The Labute approximate surface area is 191 Å². The van der Waals surface area contributed by atoms with Crippen molar-refractivity contribution in [3.8, 4) is 0 Å². The minimum atomic E-state index is -3.79. The van der Waals surface area contributed by atoms with Gasteiger partial charge in [-0.15, -0.1) is 0 Å². The Bertz CT molecular complexity index is 1030. The molecule has 1 fully saturated rings. The van der Waals surface area contributed by atoms with Crippen LogP contribution in [0.25, 0.3) is 0 Å². The maximum absolute atomic E-state index is 12.8. The fourth-order valence-electron chi connectivity index (χ4n) is 3.86. The molecule has 2 aromatic carbocycles. The van der Waals surface area contributed by atoms with Crippen molar-refractivity contribution in [2.45, 2.75) is 32.1 Å². The molecule has 0 atom stereocenters. The molecule has 1 amide bonds. The fourth-order valence-corrected chi connectivity index (χ4v) is 4.94. The largest absolute Gasteiger partial charge is 0.352 e. The summed E-state index contributed by atoms with van der Waals surface area (Å²) >= 11 is 0. The number of hydrogen-bond acceptors (Lipinski definition) is 5. The average Bonchev–Trinajstić information content (AvgIpc) is 2.77. The number of carbonyl (C=O) groups is 1. The first-order valence-electron chi connectivity index (χ1n) is 11.2. The second kappa shape index (κ2) is 10.9. The molecule has 0 radical (unpaired) electrons. The first-order valence-corrected chi connectivity index (χ1v) is 12.7. The maximum atomic E-state index is 12.8. The van der Waals surface area contributed by atoms with E-state index in [1.165, 1.54) is 12.1 Å². The SMILES string of the molecule is CCN1CCN(CCCNC(=O)c2cc(S(=O)(=O)Nc3cccc(C)c3)ccc2C)CC1. The standard InChI is InChI=1S/C24H34N4O3S/c1-4-27-13-15-28(16-14-27)12-6-11-25-24(29)23-18-22(10-9-20(23)3)32(30,31)26-21-8-5-7-19(2)17-21/h5,7-10,17-18,26H,4,6,11-16H2,1-3H3,(H,25,29). The smallest absolute Gasteiger partial charge is 0.261 e. The average molecular weight is 459 g/mol. The van der Waals surface area contributed by atoms with Crippen molar-refractivity contribution < 1.29 is 13.2 Å². The van der Waals surface area contributed by atoms with Crippen molar-refractivity contribution in [3.63, 3.8) is 0 Å². The first kappa shape index (κ1) is 24.2. The Hall–Kier alpha value is -2.42. The van der Waals surface area contributed by atoms with Crippen LogP contribution in [-0.4, -0.2) is 69.9 Å². The van der Waals surface area contributed by atoms with E-state index in [9.17, 15) is 13.2 Å². The van der Waals surface area contributed by atoms with E-state index in [-0.39, 0.29) is 10.8 Å². The first-order chi connectivity index (χ1) is 15.3. The lowest BCUT2D eigenvalue weighted by molar-refractivity contribution is 0.0947. The summed E-state index contributed by atoms with van der Waals surface area (Å²) in [6.45, 7) is 12.8. The van der Waals surface area contributed by atoms with Gasteiger partial charge in [0.2, 0.25) is 0 Å². The maximum Gasteiger partial charge on any atom is 0.261 e. The van der Waals surface area contributed by atoms with Gasteiger partial charge >= 0.3 is 0 Å². The van der Waals surface area contributed by atoms with E-state index in [4.69, 9.17) is 0 Å². The van der Waals surface area contributed by atoms with Crippen LogP contribution in [0.4, 0.5) is 5.69 Å². The van der Waals surface area contributed by atoms with Gasteiger partial charge in [0.25, 0.3) is 15.9 Å². The Morgan fingerprint density at radius 2 is 1.72 bits per heavy atom. The van der Waals surface area contributed by atoms with Gasteiger partial charge in [0.15, 0.2) is 0 Å². The number of hydrogen-bond donors (Lipinski definition) is 2. The number of piperazine rings is 1. The van der Waals surface area contributed by atoms with Gasteiger partial charge in [-0.1, -0.05) is 25.1 Å². The van der Waals surface area contributed by atoms with Crippen LogP contribution in [-0.2, 0) is 10.0 Å². The van der Waals surface area contributed by atoms with Crippen molar-refractivity contribution in [2.24, 2.45) is 0 Å². The molecule has 32 heavy (non-hydrogen) atoms. The summed E-state index contributed by atoms with van der Waals surface area (Å²) in [6, 6.07) is 11.8. The normalized spacial score (nSPS) is 15.5. The van der Waals surface area contributed by atoms with E-state index in [0.717, 1.165) is 56.8 Å². The zero-order valence-electron chi connectivity index (χ0n) is 19.2. The molecular weight excluding hydrogens is 424 g/mol. The Morgan fingerprint density at radius 3 is 2.41 bits per heavy atom. The van der Waals surface area contributed by atoms with Gasteiger partial charge in [-0.25, -0.2) is 8.42 Å². The van der Waals surface area contributed by atoms with Crippen molar-refractivity contribution in [1.29, 1.82) is 0 Å². The molecule has 2 N–H and O–H groups in total. The van der Waals surface area contributed by atoms with Crippen LogP contribution in [0, 0.1) is 13.8 Å². The van der Waals surface area contributed by atoms with Crippen LogP contribution in [0.2, 0.25) is 0 Å². The number of amides is 1. The summed E-state index contributed by atoms with van der Waals surface area (Å²) in [7, 11) is -3.79. The Morgan fingerprint density at radius 1 is 1.00 bits per heavy atom. The summed E-state index contributed by atoms with van der Waals surface area (Å²) in [5.41, 5.74) is 2.58. The molecule has 0 aromatic heterocycles. The molecular formula is C24H34N4O3S. The van der Waals surface area contributed by atoms with Crippen LogP contribution in [0.5, 0.6) is 0 Å². The topological polar surface area (TPSA) is 81.8 Å². The lowest BCUT2D eigenvalue weighted by atomic mass is 10.1. The van der Waals surface area contributed by atoms with Gasteiger partial charge in [-0.3, -0.25) is 9.52 Å². The van der Waals surface area contributed by atoms with Gasteiger partial charge in [0.05, 0.1) is 4.90 Å². The highest BCUT2D eigenvalue weighted by molar-refractivity contribution is 7.92. The summed E-state index contributed by atoms with van der Waals surface area (Å²) in [4.78, 5) is 17.7. The van der Waals surface area contributed by atoms with Crippen molar-refractivity contribution in [3.05, 3.63) is 59.2 Å². The Kier molecular flexibility index (Phi) is 8.28. The molecule has 2 aromatic rings. The quantitative estimate of drug-likeness (QED) is 0.565. The summed E-state index contributed by atoms with van der Waals surface area (Å²) in [6.07, 6.45) is 0.865. The molecule has 1 aliphatic heterocycles. The molecule has 1 saturated heterocycles. The van der Waals surface area contributed by atoms with Crippen LogP contribution in [0.3, 0.4) is 0 Å². The van der Waals surface area contributed by atoms with Crippen LogP contribution >= 0.6 is 0 Å². The number of carbonyl (C=O) groups excluding carboxylic acids is 1. The van der Waals surface area contributed by atoms with Crippen LogP contribution < -0.4 is 10.0 Å². The van der Waals surface area contributed by atoms with Crippen molar-refractivity contribution in [1.82, 2.24) is 15.1 Å². The highest BCUT2D eigenvalue weighted by Crippen LogP contribution is 2.20. The molecule has 174 valence electrons. The minimum absolute atomic E-state index is 0.0727. The van der Waals surface area contributed by atoms with Gasteiger partial charge in [0.1, 0.15) is 0 Å². The highest BCUT2D eigenvalue weighted by Gasteiger charge is 2.19. The van der Waals surface area contributed by atoms with Gasteiger partial charge in [-0.05, 0) is 68.8 Å². The van der Waals surface area contributed by atoms with Crippen LogP contribution in [0.15, 0.2) is 47.4 Å². The zero-order chi connectivity index (χ0) is 23.1. The third kappa shape index (κ3) is 6.54. The van der Waals surface area contributed by atoms with E-state index < -0.39 is 10.0 Å². The molecule has 0 bridgehead atoms. The van der Waals surface area contributed by atoms with E-state index in [2.05, 4.69) is 26.8 Å². The predicted molar refractivity (Wildman–Crippen MR) is 129 cm³/mol. The van der Waals surface area contributed by atoms with Crippen LogP contribution in [0.1, 0.15) is 34.8 Å². The van der Waals surface area contributed by atoms with E-state index in [1.54, 1.807) is 24.3 Å². The lowest BCUT2D eigenvalue weighted by Gasteiger charge is -2.33. The van der Waals surface area contributed by atoms with E-state index in [0.29, 0.717) is 17.8 Å². The molecule has 3 rings (SSSR count). The number of nitrogens with one attached hydrogen (secondary N) is 2. The van der Waals surface area contributed by atoms with Gasteiger partial charge in [-0.2, -0.15) is 0 Å². The minimum Gasteiger partial charge on any atom is -0.352 e. The summed E-state index contributed by atoms with van der Waals surface area (Å²) < 4.78 is 28.2. The number of sulfonamides is 1. The number of benzene rings is 2. The number of anilines is 1. The number of aryl methyl sites for hydroxylation is 2. The molecule has 1 heterocycles. The van der Waals surface area contributed by atoms with Gasteiger partial charge < -0.3 is 15.1 Å². The van der Waals surface area contributed by atoms with Gasteiger partial charge in [0, 0.05) is 44.0 Å².